The summed E-state index contributed by atoms with van der Waals surface area (Å²) in [4.78, 5) is 0.0370. The summed E-state index contributed by atoms with van der Waals surface area (Å²) in [5.74, 6) is 0. The average molecular weight is 311 g/mol. The van der Waals surface area contributed by atoms with E-state index in [0.717, 1.165) is 6.07 Å². The van der Waals surface area contributed by atoms with Gasteiger partial charge in [-0.05, 0) is 18.2 Å². The molecule has 0 saturated heterocycles. The van der Waals surface area contributed by atoms with Crippen LogP contribution in [0, 0.1) is 0 Å². The molecule has 0 amide bonds. The molecular weight excluding hydrogens is 304 g/mol. The summed E-state index contributed by atoms with van der Waals surface area (Å²) < 4.78 is 36.5. The van der Waals surface area contributed by atoms with E-state index < -0.39 is 10.1 Å². The van der Waals surface area contributed by atoms with E-state index in [0.29, 0.717) is 16.9 Å². The van der Waals surface area contributed by atoms with E-state index in [1.165, 1.54) is 19.2 Å². The van der Waals surface area contributed by atoms with Crippen molar-refractivity contribution in [1.82, 2.24) is 0 Å². The second-order valence-electron chi connectivity index (χ2n) is 2.58. The molecule has 0 aliphatic rings. The van der Waals surface area contributed by atoms with Crippen LogP contribution in [0.1, 0.15) is 0 Å². The Bertz CT molecular complexity index is 469. The maximum absolute atomic E-state index is 10.8. The van der Waals surface area contributed by atoms with Crippen molar-refractivity contribution >= 4 is 27.8 Å². The van der Waals surface area contributed by atoms with Gasteiger partial charge in [0.1, 0.15) is 10.1 Å². The summed E-state index contributed by atoms with van der Waals surface area (Å²) in [6.07, 6.45) is 0. The molecule has 7 nitrogen and oxygen atoms in total. The SMILES string of the molecule is CNc1cc(SOO[O-])ccc1S(=O)(=O)[O-].[Na+].[Na+]. The molecule has 0 atom stereocenters. The van der Waals surface area contributed by atoms with E-state index in [-0.39, 0.29) is 69.7 Å². The van der Waals surface area contributed by atoms with Gasteiger partial charge in [-0.2, -0.15) is 4.33 Å². The van der Waals surface area contributed by atoms with Crippen LogP contribution in [-0.4, -0.2) is 20.0 Å². The molecule has 0 fully saturated rings. The predicted molar refractivity (Wildman–Crippen MR) is 52.0 cm³/mol. The van der Waals surface area contributed by atoms with Gasteiger partial charge in [0.15, 0.2) is 0 Å². The van der Waals surface area contributed by atoms with E-state index in [2.05, 4.69) is 14.7 Å². The van der Waals surface area contributed by atoms with Crippen LogP contribution in [0.25, 0.3) is 0 Å². The molecule has 11 heteroatoms. The number of nitrogens with one attached hydrogen (secondary N) is 1. The molecule has 0 unspecified atom stereocenters. The van der Waals surface area contributed by atoms with Crippen LogP contribution in [-0.2, 0) is 19.5 Å². The Balaban J connectivity index is 0. The molecule has 0 radical (unpaired) electrons. The Morgan fingerprint density at radius 3 is 2.39 bits per heavy atom. The smallest absolute Gasteiger partial charge is 0.744 e. The van der Waals surface area contributed by atoms with Gasteiger partial charge in [-0.25, -0.2) is 8.42 Å². The Kier molecular flexibility index (Phi) is 11.9. The maximum Gasteiger partial charge on any atom is 1.00 e. The normalized spacial score (nSPS) is 10.2. The predicted octanol–water partition coefficient (Wildman–Crippen LogP) is -6.13. The topological polar surface area (TPSA) is 111 Å². The quantitative estimate of drug-likeness (QED) is 0.188. The molecule has 0 spiro atoms. The first-order chi connectivity index (χ1) is 7.49. The van der Waals surface area contributed by atoms with Gasteiger partial charge in [-0.3, -0.25) is 5.04 Å². The minimum atomic E-state index is -4.54. The molecule has 0 bridgehead atoms. The first-order valence-corrected chi connectivity index (χ1v) is 6.05. The third-order valence-corrected chi connectivity index (χ3v) is 3.11. The van der Waals surface area contributed by atoms with Gasteiger partial charge in [0, 0.05) is 11.9 Å². The first kappa shape index (κ1) is 21.5. The van der Waals surface area contributed by atoms with Crippen LogP contribution in [0.5, 0.6) is 0 Å². The van der Waals surface area contributed by atoms with E-state index in [4.69, 9.17) is 0 Å². The van der Waals surface area contributed by atoms with Crippen molar-refractivity contribution in [1.29, 1.82) is 0 Å². The summed E-state index contributed by atoms with van der Waals surface area (Å²) in [6, 6.07) is 3.77. The zero-order chi connectivity index (χ0) is 12.2. The Hall–Kier alpha value is 1.16. The van der Waals surface area contributed by atoms with Gasteiger partial charge in [0.2, 0.25) is 0 Å². The summed E-state index contributed by atoms with van der Waals surface area (Å²) in [6.45, 7) is 0. The van der Waals surface area contributed by atoms with Crippen LogP contribution >= 0.6 is 12.0 Å². The fourth-order valence-corrected chi connectivity index (χ4v) is 2.09. The van der Waals surface area contributed by atoms with Gasteiger partial charge in [0.25, 0.3) is 0 Å². The minimum absolute atomic E-state index is 0. The molecule has 0 heterocycles. The van der Waals surface area contributed by atoms with Crippen molar-refractivity contribution in [3.8, 4) is 0 Å². The van der Waals surface area contributed by atoms with Crippen molar-refractivity contribution in [2.75, 3.05) is 12.4 Å². The zero-order valence-electron chi connectivity index (χ0n) is 10.00. The van der Waals surface area contributed by atoms with E-state index in [1.54, 1.807) is 0 Å². The largest absolute Gasteiger partial charge is 1.00 e. The van der Waals surface area contributed by atoms with Crippen molar-refractivity contribution in [3.05, 3.63) is 18.2 Å². The molecule has 1 aromatic carbocycles. The molecule has 0 aliphatic carbocycles. The molecular formula is C7H7NNa2O6S2. The van der Waals surface area contributed by atoms with E-state index in [9.17, 15) is 18.2 Å². The molecule has 0 aliphatic heterocycles. The number of benzene rings is 1. The van der Waals surface area contributed by atoms with Gasteiger partial charge in [-0.1, -0.05) is 0 Å². The second-order valence-corrected chi connectivity index (χ2v) is 4.70. The van der Waals surface area contributed by atoms with Crippen LogP contribution in [0.2, 0.25) is 0 Å². The third kappa shape index (κ3) is 6.55. The molecule has 0 aromatic heterocycles. The Labute approximate surface area is 153 Å². The van der Waals surface area contributed by atoms with Crippen LogP contribution in [0.4, 0.5) is 5.69 Å². The molecule has 18 heavy (non-hydrogen) atoms. The van der Waals surface area contributed by atoms with Crippen molar-refractivity contribution in [3.63, 3.8) is 0 Å². The number of hydrogen-bond donors (Lipinski definition) is 1. The minimum Gasteiger partial charge on any atom is -0.744 e. The molecule has 1 rings (SSSR count). The number of rotatable bonds is 5. The zero-order valence-corrected chi connectivity index (χ0v) is 15.6. The molecule has 1 N–H and O–H groups in total. The molecule has 0 saturated carbocycles. The van der Waals surface area contributed by atoms with E-state index >= 15 is 0 Å². The second kappa shape index (κ2) is 9.97. The fraction of sp³-hybridized carbons (Fsp3) is 0.143. The number of anilines is 1. The fourth-order valence-electron chi connectivity index (χ4n) is 1.03. The van der Waals surface area contributed by atoms with Crippen LogP contribution in [0.15, 0.2) is 28.0 Å². The first-order valence-electron chi connectivity index (χ1n) is 3.90. The summed E-state index contributed by atoms with van der Waals surface area (Å²) >= 11 is 0.598. The monoisotopic (exact) mass is 311 g/mol. The Morgan fingerprint density at radius 2 is 1.94 bits per heavy atom. The summed E-state index contributed by atoms with van der Waals surface area (Å²) in [7, 11) is -3.08. The van der Waals surface area contributed by atoms with Gasteiger partial charge in [-0.15, -0.1) is 0 Å². The van der Waals surface area contributed by atoms with Gasteiger partial charge >= 0.3 is 59.1 Å². The molecule has 1 aromatic rings. The summed E-state index contributed by atoms with van der Waals surface area (Å²) in [5.41, 5.74) is 0.120. The Morgan fingerprint density at radius 1 is 1.33 bits per heavy atom. The van der Waals surface area contributed by atoms with Crippen LogP contribution in [0.3, 0.4) is 0 Å². The standard InChI is InChI=1S/C7H9NO6S2.2Na/c1-8-6-4-5(15-14-13-9)2-3-7(6)16(10,11)12;;/h2-4,8-9H,1H3,(H,10,11,12);;/q;2*+1/p-2. The maximum atomic E-state index is 10.8. The van der Waals surface area contributed by atoms with Crippen molar-refractivity contribution in [2.45, 2.75) is 9.79 Å². The molecule has 90 valence electrons. The van der Waals surface area contributed by atoms with Crippen molar-refractivity contribution in [2.24, 2.45) is 0 Å². The van der Waals surface area contributed by atoms with E-state index in [1.807, 2.05) is 0 Å². The van der Waals surface area contributed by atoms with Crippen molar-refractivity contribution < 1.29 is 86.7 Å². The average Bonchev–Trinajstić information content (AvgIpc) is 2.24. The third-order valence-electron chi connectivity index (χ3n) is 1.65. The summed E-state index contributed by atoms with van der Waals surface area (Å²) in [5, 5.41) is 15.3. The number of hydrogen-bond acceptors (Lipinski definition) is 8. The van der Waals surface area contributed by atoms with Gasteiger partial charge < -0.3 is 15.1 Å². The van der Waals surface area contributed by atoms with Gasteiger partial charge in [0.05, 0.1) is 22.6 Å². The van der Waals surface area contributed by atoms with Crippen LogP contribution < -0.4 is 69.7 Å².